The molecule has 0 spiro atoms. The van der Waals surface area contributed by atoms with Crippen molar-refractivity contribution in [1.29, 1.82) is 0 Å². The Morgan fingerprint density at radius 2 is 1.74 bits per heavy atom. The average molecular weight is 497 g/mol. The first-order chi connectivity index (χ1) is 16.5. The van der Waals surface area contributed by atoms with E-state index in [0.717, 1.165) is 34.3 Å². The highest BCUT2D eigenvalue weighted by Gasteiger charge is 2.23. The number of aromatic nitrogens is 1. The summed E-state index contributed by atoms with van der Waals surface area (Å²) in [6, 6.07) is 14.6. The molecular weight excluding hydrogens is 464 g/mol. The zero-order valence-corrected chi connectivity index (χ0v) is 21.5. The molecule has 0 aliphatic carbocycles. The lowest BCUT2D eigenvalue weighted by Gasteiger charge is -2.25. The van der Waals surface area contributed by atoms with Gasteiger partial charge in [-0.3, -0.25) is 9.52 Å². The summed E-state index contributed by atoms with van der Waals surface area (Å²) < 4.78 is 36.7. The van der Waals surface area contributed by atoms with Crippen LogP contribution in [0, 0.1) is 0 Å². The van der Waals surface area contributed by atoms with Gasteiger partial charge >= 0.3 is 0 Å². The number of H-pyrrole nitrogens is 1. The van der Waals surface area contributed by atoms with Crippen LogP contribution in [0.15, 0.2) is 59.5 Å². The number of anilines is 1. The standard InChI is InChI=1S/C27H32N2O5S/c1-27(2,3)24-18-21(23-7-6-14-28-26(23)30)17-20(25(24)34-16-15-33-4)11-8-19-9-12-22(13-10-19)29-35(5,31)32/h6-14,17-18,29H,15-16H2,1-5H3,(H,28,30). The maximum absolute atomic E-state index is 12.5. The Balaban J connectivity index is 2.10. The van der Waals surface area contributed by atoms with Crippen molar-refractivity contribution in [3.05, 3.63) is 81.8 Å². The minimum Gasteiger partial charge on any atom is -0.490 e. The maximum atomic E-state index is 12.5. The fourth-order valence-corrected chi connectivity index (χ4v) is 4.15. The first-order valence-electron chi connectivity index (χ1n) is 11.2. The lowest BCUT2D eigenvalue weighted by molar-refractivity contribution is 0.145. The van der Waals surface area contributed by atoms with Crippen LogP contribution < -0.4 is 15.0 Å². The molecule has 0 fully saturated rings. The molecule has 186 valence electrons. The highest BCUT2D eigenvalue weighted by molar-refractivity contribution is 7.92. The van der Waals surface area contributed by atoms with Crippen LogP contribution >= 0.6 is 0 Å². The molecule has 2 N–H and O–H groups in total. The highest BCUT2D eigenvalue weighted by atomic mass is 32.2. The maximum Gasteiger partial charge on any atom is 0.255 e. The summed E-state index contributed by atoms with van der Waals surface area (Å²) in [6.45, 7) is 7.14. The van der Waals surface area contributed by atoms with Gasteiger partial charge in [0.15, 0.2) is 0 Å². The summed E-state index contributed by atoms with van der Waals surface area (Å²) in [6.07, 6.45) is 6.59. The Hall–Kier alpha value is -3.36. The fraction of sp³-hybridized carbons (Fsp3) is 0.296. The van der Waals surface area contributed by atoms with Crippen molar-refractivity contribution >= 4 is 27.9 Å². The Labute approximate surface area is 206 Å². The monoisotopic (exact) mass is 496 g/mol. The van der Waals surface area contributed by atoms with Crippen molar-refractivity contribution in [2.24, 2.45) is 0 Å². The molecular formula is C27H32N2O5S. The smallest absolute Gasteiger partial charge is 0.255 e. The van der Waals surface area contributed by atoms with Gasteiger partial charge in [-0.1, -0.05) is 45.1 Å². The summed E-state index contributed by atoms with van der Waals surface area (Å²) in [5.74, 6) is 0.734. The third-order valence-electron chi connectivity index (χ3n) is 5.26. The lowest BCUT2D eigenvalue weighted by atomic mass is 9.83. The third-order valence-corrected chi connectivity index (χ3v) is 5.86. The van der Waals surface area contributed by atoms with Crippen LogP contribution in [0.4, 0.5) is 5.69 Å². The van der Waals surface area contributed by atoms with Gasteiger partial charge in [0, 0.05) is 35.7 Å². The van der Waals surface area contributed by atoms with Crippen LogP contribution in [-0.4, -0.2) is 40.0 Å². The molecule has 1 aromatic heterocycles. The van der Waals surface area contributed by atoms with Crippen molar-refractivity contribution < 1.29 is 17.9 Å². The normalized spacial score (nSPS) is 12.1. The van der Waals surface area contributed by atoms with Gasteiger partial charge in [0.25, 0.3) is 5.56 Å². The number of aromatic amines is 1. The number of rotatable bonds is 9. The molecule has 0 radical (unpaired) electrons. The minimum absolute atomic E-state index is 0.163. The quantitative estimate of drug-likeness (QED) is 0.324. The Morgan fingerprint density at radius 1 is 1.03 bits per heavy atom. The first kappa shape index (κ1) is 26.2. The minimum atomic E-state index is -3.34. The molecule has 0 atom stereocenters. The van der Waals surface area contributed by atoms with E-state index in [4.69, 9.17) is 9.47 Å². The van der Waals surface area contributed by atoms with E-state index in [-0.39, 0.29) is 11.0 Å². The van der Waals surface area contributed by atoms with Crippen LogP contribution in [0.5, 0.6) is 5.75 Å². The fourth-order valence-electron chi connectivity index (χ4n) is 3.59. The molecule has 0 bridgehead atoms. The predicted octanol–water partition coefficient (Wildman–Crippen LogP) is 4.91. The predicted molar refractivity (Wildman–Crippen MR) is 142 cm³/mol. The molecule has 3 rings (SSSR count). The van der Waals surface area contributed by atoms with E-state index < -0.39 is 10.0 Å². The van der Waals surface area contributed by atoms with Crippen LogP contribution in [0.3, 0.4) is 0 Å². The van der Waals surface area contributed by atoms with Crippen molar-refractivity contribution in [1.82, 2.24) is 4.98 Å². The largest absolute Gasteiger partial charge is 0.490 e. The molecule has 0 amide bonds. The first-order valence-corrected chi connectivity index (χ1v) is 13.1. The van der Waals surface area contributed by atoms with Crippen LogP contribution in [-0.2, 0) is 20.2 Å². The van der Waals surface area contributed by atoms with Gasteiger partial charge in [-0.05, 0) is 52.9 Å². The number of ether oxygens (including phenoxy) is 2. The van der Waals surface area contributed by atoms with Crippen LogP contribution in [0.25, 0.3) is 23.3 Å². The Bertz CT molecular complexity index is 1350. The second kappa shape index (κ2) is 10.9. The van der Waals surface area contributed by atoms with Gasteiger partial charge in [0.1, 0.15) is 12.4 Å². The van der Waals surface area contributed by atoms with Crippen molar-refractivity contribution in [2.45, 2.75) is 26.2 Å². The van der Waals surface area contributed by atoms with Gasteiger partial charge in [-0.25, -0.2) is 8.42 Å². The topological polar surface area (TPSA) is 97.5 Å². The van der Waals surface area contributed by atoms with E-state index in [1.54, 1.807) is 37.6 Å². The molecule has 1 heterocycles. The number of methoxy groups -OCH3 is 1. The molecule has 2 aromatic carbocycles. The summed E-state index contributed by atoms with van der Waals surface area (Å²) in [4.78, 5) is 15.3. The highest BCUT2D eigenvalue weighted by Crippen LogP contribution is 2.38. The second-order valence-corrected chi connectivity index (χ2v) is 11.0. The van der Waals surface area contributed by atoms with Gasteiger partial charge in [-0.2, -0.15) is 0 Å². The molecule has 3 aromatic rings. The number of benzene rings is 2. The van der Waals surface area contributed by atoms with Crippen molar-refractivity contribution in [2.75, 3.05) is 31.3 Å². The average Bonchev–Trinajstić information content (AvgIpc) is 2.78. The van der Waals surface area contributed by atoms with Gasteiger partial charge in [0.05, 0.1) is 12.9 Å². The molecule has 0 aliphatic heterocycles. The lowest BCUT2D eigenvalue weighted by Crippen LogP contribution is -2.17. The molecule has 0 saturated carbocycles. The number of hydrogen-bond donors (Lipinski definition) is 2. The number of nitrogens with one attached hydrogen (secondary N) is 2. The molecule has 7 nitrogen and oxygen atoms in total. The molecule has 35 heavy (non-hydrogen) atoms. The summed E-state index contributed by atoms with van der Waals surface area (Å²) >= 11 is 0. The van der Waals surface area contributed by atoms with E-state index in [9.17, 15) is 13.2 Å². The van der Waals surface area contributed by atoms with E-state index in [1.807, 2.05) is 36.4 Å². The molecule has 0 saturated heterocycles. The van der Waals surface area contributed by atoms with E-state index >= 15 is 0 Å². The summed E-state index contributed by atoms with van der Waals surface area (Å²) in [7, 11) is -1.71. The van der Waals surface area contributed by atoms with E-state index in [0.29, 0.717) is 24.5 Å². The zero-order chi connectivity index (χ0) is 25.6. The van der Waals surface area contributed by atoms with Gasteiger partial charge in [-0.15, -0.1) is 0 Å². The summed E-state index contributed by atoms with van der Waals surface area (Å²) in [5, 5.41) is 0. The van der Waals surface area contributed by atoms with Gasteiger partial charge < -0.3 is 14.5 Å². The van der Waals surface area contributed by atoms with Crippen molar-refractivity contribution in [3.8, 4) is 16.9 Å². The van der Waals surface area contributed by atoms with Gasteiger partial charge in [0.2, 0.25) is 10.0 Å². The SMILES string of the molecule is COCCOc1c(C=Cc2ccc(NS(C)(=O)=O)cc2)cc(-c2ccc[nH]c2=O)cc1C(C)(C)C. The number of pyridine rings is 1. The number of sulfonamides is 1. The van der Waals surface area contributed by atoms with E-state index in [2.05, 4.69) is 30.5 Å². The molecule has 8 heteroatoms. The van der Waals surface area contributed by atoms with Crippen LogP contribution in [0.1, 0.15) is 37.5 Å². The Morgan fingerprint density at radius 3 is 2.34 bits per heavy atom. The second-order valence-electron chi connectivity index (χ2n) is 9.28. The summed E-state index contributed by atoms with van der Waals surface area (Å²) in [5.41, 5.74) is 4.13. The molecule has 0 aliphatic rings. The van der Waals surface area contributed by atoms with Crippen molar-refractivity contribution in [3.63, 3.8) is 0 Å². The van der Waals surface area contributed by atoms with E-state index in [1.165, 1.54) is 0 Å². The molecule has 0 unspecified atom stereocenters. The Kier molecular flexibility index (Phi) is 8.19. The zero-order valence-electron chi connectivity index (χ0n) is 20.7. The van der Waals surface area contributed by atoms with Crippen LogP contribution in [0.2, 0.25) is 0 Å². The number of hydrogen-bond acceptors (Lipinski definition) is 5. The third kappa shape index (κ3) is 7.31.